The molecule has 98 valence electrons. The second-order valence-corrected chi connectivity index (χ2v) is 5.55. The number of carbonyl (C=O) groups is 2. The van der Waals surface area contributed by atoms with Crippen LogP contribution in [-0.4, -0.2) is 32.0 Å². The van der Waals surface area contributed by atoms with Gasteiger partial charge in [-0.3, -0.25) is 10.1 Å². The second-order valence-electron chi connectivity index (χ2n) is 4.24. The topological polar surface area (TPSA) is 103 Å². The summed E-state index contributed by atoms with van der Waals surface area (Å²) in [5, 5.41) is 10.4. The van der Waals surface area contributed by atoms with E-state index in [-0.39, 0.29) is 0 Å². The number of amides is 3. The van der Waals surface area contributed by atoms with Crippen LogP contribution in [0.3, 0.4) is 0 Å². The molecule has 8 heteroatoms. The molecule has 1 heterocycles. The van der Waals surface area contributed by atoms with E-state index in [0.717, 1.165) is 18.7 Å². The molecule has 0 aromatic carbocycles. The van der Waals surface area contributed by atoms with Gasteiger partial charge in [0.25, 0.3) is 0 Å². The number of nitrogens with one attached hydrogen (secondary N) is 1. The van der Waals surface area contributed by atoms with E-state index in [2.05, 4.69) is 15.5 Å². The van der Waals surface area contributed by atoms with Crippen molar-refractivity contribution in [3.8, 4) is 0 Å². The Labute approximate surface area is 109 Å². The first-order valence-corrected chi connectivity index (χ1v) is 6.55. The molecule has 3 N–H and O–H groups in total. The lowest BCUT2D eigenvalue weighted by molar-refractivity contribution is -0.119. The Morgan fingerprint density at radius 1 is 1.50 bits per heavy atom. The molecule has 1 fully saturated rings. The van der Waals surface area contributed by atoms with Gasteiger partial charge in [0, 0.05) is 6.04 Å². The maximum Gasteiger partial charge on any atom is 0.318 e. The Balaban J connectivity index is 2.04. The van der Waals surface area contributed by atoms with Crippen molar-refractivity contribution < 1.29 is 9.59 Å². The van der Waals surface area contributed by atoms with Gasteiger partial charge in [0.05, 0.1) is 5.25 Å². The minimum atomic E-state index is -0.840. The number of hydrogen-bond acceptors (Lipinski definition) is 5. The third-order valence-electron chi connectivity index (χ3n) is 2.64. The molecule has 0 saturated heterocycles. The summed E-state index contributed by atoms with van der Waals surface area (Å²) >= 11 is 1.28. The highest BCUT2D eigenvalue weighted by Crippen LogP contribution is 2.39. The molecule has 0 radical (unpaired) electrons. The molecule has 18 heavy (non-hydrogen) atoms. The number of aromatic nitrogens is 3. The van der Waals surface area contributed by atoms with Crippen LogP contribution in [0.15, 0.2) is 5.16 Å². The first-order chi connectivity index (χ1) is 8.49. The molecular weight excluding hydrogens is 254 g/mol. The van der Waals surface area contributed by atoms with Gasteiger partial charge < -0.3 is 10.3 Å². The average molecular weight is 269 g/mol. The van der Waals surface area contributed by atoms with Crippen LogP contribution in [0, 0.1) is 6.92 Å². The Hall–Kier alpha value is -1.57. The average Bonchev–Trinajstić information content (AvgIpc) is 3.04. The molecule has 1 atom stereocenters. The van der Waals surface area contributed by atoms with Gasteiger partial charge in [0.15, 0.2) is 5.16 Å². The monoisotopic (exact) mass is 269 g/mol. The summed E-state index contributed by atoms with van der Waals surface area (Å²) in [7, 11) is 0. The molecule has 0 bridgehead atoms. The van der Waals surface area contributed by atoms with Crippen LogP contribution in [0.2, 0.25) is 0 Å². The molecule has 1 aliphatic carbocycles. The number of thioether (sulfide) groups is 1. The van der Waals surface area contributed by atoms with E-state index >= 15 is 0 Å². The number of imide groups is 1. The lowest BCUT2D eigenvalue weighted by atomic mass is 10.4. The van der Waals surface area contributed by atoms with E-state index in [1.807, 2.05) is 11.5 Å². The minimum absolute atomic E-state index is 0.421. The molecule has 0 unspecified atom stereocenters. The van der Waals surface area contributed by atoms with Gasteiger partial charge in [-0.2, -0.15) is 0 Å². The highest BCUT2D eigenvalue weighted by atomic mass is 32.2. The number of rotatable bonds is 4. The van der Waals surface area contributed by atoms with Crippen molar-refractivity contribution in [2.75, 3.05) is 0 Å². The van der Waals surface area contributed by atoms with Crippen LogP contribution in [0.4, 0.5) is 4.79 Å². The third-order valence-corrected chi connectivity index (χ3v) is 3.70. The zero-order valence-electron chi connectivity index (χ0n) is 10.2. The maximum absolute atomic E-state index is 11.6. The largest absolute Gasteiger partial charge is 0.351 e. The van der Waals surface area contributed by atoms with Crippen molar-refractivity contribution >= 4 is 23.7 Å². The van der Waals surface area contributed by atoms with Crippen molar-refractivity contribution in [1.29, 1.82) is 0 Å². The van der Waals surface area contributed by atoms with Crippen LogP contribution in [0.25, 0.3) is 0 Å². The number of nitrogens with zero attached hydrogens (tertiary/aromatic N) is 3. The molecule has 1 saturated carbocycles. The van der Waals surface area contributed by atoms with Gasteiger partial charge in [-0.15, -0.1) is 10.2 Å². The minimum Gasteiger partial charge on any atom is -0.351 e. The summed E-state index contributed by atoms with van der Waals surface area (Å²) in [6.07, 6.45) is 2.24. The molecule has 7 nitrogen and oxygen atoms in total. The molecular formula is C10H15N5O2S. The van der Waals surface area contributed by atoms with E-state index in [1.54, 1.807) is 6.92 Å². The summed E-state index contributed by atoms with van der Waals surface area (Å²) in [5.41, 5.74) is 4.90. The zero-order valence-corrected chi connectivity index (χ0v) is 11.0. The number of hydrogen-bond donors (Lipinski definition) is 2. The molecule has 0 aliphatic heterocycles. The van der Waals surface area contributed by atoms with Crippen LogP contribution < -0.4 is 11.1 Å². The molecule has 1 aromatic heterocycles. The summed E-state index contributed by atoms with van der Waals surface area (Å²) in [5.74, 6) is 0.429. The van der Waals surface area contributed by atoms with Gasteiger partial charge in [0.2, 0.25) is 5.91 Å². The summed E-state index contributed by atoms with van der Waals surface area (Å²) in [4.78, 5) is 22.2. The van der Waals surface area contributed by atoms with E-state index < -0.39 is 17.2 Å². The van der Waals surface area contributed by atoms with Crippen molar-refractivity contribution in [3.63, 3.8) is 0 Å². The third kappa shape index (κ3) is 2.81. The van der Waals surface area contributed by atoms with Crippen LogP contribution in [-0.2, 0) is 4.79 Å². The normalized spacial score (nSPS) is 16.3. The van der Waals surface area contributed by atoms with E-state index in [4.69, 9.17) is 5.73 Å². The van der Waals surface area contributed by atoms with Gasteiger partial charge in [0.1, 0.15) is 5.82 Å². The first kappa shape index (κ1) is 12.9. The van der Waals surface area contributed by atoms with Gasteiger partial charge in [-0.05, 0) is 26.7 Å². The second kappa shape index (κ2) is 4.97. The van der Waals surface area contributed by atoms with Crippen molar-refractivity contribution in [2.45, 2.75) is 43.1 Å². The predicted octanol–water partition coefficient (Wildman–Crippen LogP) is 0.597. The van der Waals surface area contributed by atoms with Gasteiger partial charge in [-0.25, -0.2) is 4.79 Å². The summed E-state index contributed by atoms with van der Waals surface area (Å²) in [6.45, 7) is 3.59. The Morgan fingerprint density at radius 3 is 2.72 bits per heavy atom. The Bertz CT molecular complexity index is 483. The highest BCUT2D eigenvalue weighted by Gasteiger charge is 2.29. The Kier molecular flexibility index (Phi) is 3.55. The van der Waals surface area contributed by atoms with Crippen LogP contribution >= 0.6 is 11.8 Å². The van der Waals surface area contributed by atoms with Gasteiger partial charge >= 0.3 is 6.03 Å². The van der Waals surface area contributed by atoms with Crippen molar-refractivity contribution in [2.24, 2.45) is 5.73 Å². The predicted molar refractivity (Wildman–Crippen MR) is 66.1 cm³/mol. The van der Waals surface area contributed by atoms with Crippen molar-refractivity contribution in [1.82, 2.24) is 20.1 Å². The number of carbonyl (C=O) groups excluding carboxylic acids is 2. The molecule has 2 rings (SSSR count). The fourth-order valence-electron chi connectivity index (χ4n) is 1.62. The maximum atomic E-state index is 11.6. The lowest BCUT2D eigenvalue weighted by Crippen LogP contribution is -2.39. The standard InChI is InChI=1S/C10H15N5O2S/c1-5(8(16)12-9(11)17)18-10-14-13-6(2)15(10)7-3-4-7/h5,7H,3-4H2,1-2H3,(H3,11,12,16,17)/t5-/m1/s1. The first-order valence-electron chi connectivity index (χ1n) is 5.67. The SMILES string of the molecule is Cc1nnc(S[C@H](C)C(=O)NC(N)=O)n1C1CC1. The zero-order chi connectivity index (χ0) is 13.3. The fourth-order valence-corrected chi connectivity index (χ4v) is 2.58. The Morgan fingerprint density at radius 2 is 2.17 bits per heavy atom. The smallest absolute Gasteiger partial charge is 0.318 e. The van der Waals surface area contributed by atoms with Crippen LogP contribution in [0.5, 0.6) is 0 Å². The number of urea groups is 1. The number of aryl methyl sites for hydroxylation is 1. The summed E-state index contributed by atoms with van der Waals surface area (Å²) in [6, 6.07) is -0.388. The molecule has 3 amide bonds. The van der Waals surface area contributed by atoms with E-state index in [9.17, 15) is 9.59 Å². The van der Waals surface area contributed by atoms with E-state index in [1.165, 1.54) is 11.8 Å². The summed E-state index contributed by atoms with van der Waals surface area (Å²) < 4.78 is 2.04. The van der Waals surface area contributed by atoms with Crippen molar-refractivity contribution in [3.05, 3.63) is 5.82 Å². The lowest BCUT2D eigenvalue weighted by Gasteiger charge is -2.11. The number of nitrogens with two attached hydrogens (primary N) is 1. The quantitative estimate of drug-likeness (QED) is 0.779. The molecule has 0 spiro atoms. The molecule has 1 aromatic rings. The molecule has 1 aliphatic rings. The fraction of sp³-hybridized carbons (Fsp3) is 0.600. The highest BCUT2D eigenvalue weighted by molar-refractivity contribution is 8.00. The number of primary amides is 1. The van der Waals surface area contributed by atoms with Crippen LogP contribution in [0.1, 0.15) is 31.6 Å². The van der Waals surface area contributed by atoms with E-state index in [0.29, 0.717) is 11.2 Å². The van der Waals surface area contributed by atoms with Gasteiger partial charge in [-0.1, -0.05) is 11.8 Å².